The van der Waals surface area contributed by atoms with Crippen LogP contribution < -0.4 is 15.6 Å². The van der Waals surface area contributed by atoms with E-state index < -0.39 is 36.2 Å². The van der Waals surface area contributed by atoms with Crippen LogP contribution in [0.5, 0.6) is 0 Å². The zero-order chi connectivity index (χ0) is 22.9. The molecule has 0 radical (unpaired) electrons. The summed E-state index contributed by atoms with van der Waals surface area (Å²) in [5, 5.41) is 9.17. The Labute approximate surface area is 189 Å². The molecule has 0 bridgehead atoms. The lowest BCUT2D eigenvalue weighted by atomic mass is 10.1. The first-order chi connectivity index (χ1) is 14.5. The number of hydrogen-bond acceptors (Lipinski definition) is 5. The largest absolute Gasteiger partial charge is 0.431 e. The molecule has 2 N–H and O–H groups in total. The Morgan fingerprint density at radius 2 is 1.90 bits per heavy atom. The molecule has 0 saturated heterocycles. The first kappa shape index (κ1) is 23.1. The van der Waals surface area contributed by atoms with E-state index >= 15 is 0 Å². The van der Waals surface area contributed by atoms with Gasteiger partial charge in [-0.3, -0.25) is 9.59 Å². The van der Waals surface area contributed by atoms with Gasteiger partial charge in [-0.25, -0.2) is 9.99 Å². The van der Waals surface area contributed by atoms with Crippen LogP contribution in [0.4, 0.5) is 24.7 Å². The minimum atomic E-state index is -4.76. The van der Waals surface area contributed by atoms with Gasteiger partial charge in [-0.1, -0.05) is 34.8 Å². The predicted octanol–water partition coefficient (Wildman–Crippen LogP) is 4.54. The lowest BCUT2D eigenvalue weighted by Crippen LogP contribution is -2.40. The number of benzene rings is 1. The molecule has 2 aromatic rings. The summed E-state index contributed by atoms with van der Waals surface area (Å²) in [5.41, 5.74) is -1.35. The lowest BCUT2D eigenvalue weighted by Gasteiger charge is -2.23. The number of rotatable bonds is 4. The number of carbonyl (C=O) groups excluding carboxylic acids is 2. The van der Waals surface area contributed by atoms with Crippen molar-refractivity contribution in [1.29, 1.82) is 0 Å². The molecule has 0 spiro atoms. The summed E-state index contributed by atoms with van der Waals surface area (Å²) in [6, 6.07) is 3.98. The van der Waals surface area contributed by atoms with Crippen LogP contribution in [0.1, 0.15) is 16.8 Å². The first-order valence-electron chi connectivity index (χ1n) is 8.59. The van der Waals surface area contributed by atoms with Gasteiger partial charge in [0, 0.05) is 24.7 Å². The fraction of sp³-hybridized carbons (Fsp3) is 0.222. The van der Waals surface area contributed by atoms with Crippen LogP contribution in [0.2, 0.25) is 15.1 Å². The Bertz CT molecular complexity index is 1080. The number of alkyl halides is 3. The van der Waals surface area contributed by atoms with Crippen molar-refractivity contribution in [3.05, 3.63) is 51.1 Å². The Kier molecular flexibility index (Phi) is 6.63. The van der Waals surface area contributed by atoms with E-state index in [1.165, 1.54) is 37.5 Å². The summed E-state index contributed by atoms with van der Waals surface area (Å²) in [5.74, 6) is -1.64. The molecular formula is C18H13Cl3F3N5O2. The molecule has 31 heavy (non-hydrogen) atoms. The normalized spacial score (nSPS) is 16.2. The van der Waals surface area contributed by atoms with E-state index in [4.69, 9.17) is 34.8 Å². The maximum Gasteiger partial charge on any atom is 0.431 e. The van der Waals surface area contributed by atoms with Gasteiger partial charge < -0.3 is 10.6 Å². The molecule has 13 heteroatoms. The molecule has 7 nitrogen and oxygen atoms in total. The zero-order valence-corrected chi connectivity index (χ0v) is 17.9. The Hall–Kier alpha value is -2.56. The van der Waals surface area contributed by atoms with Crippen molar-refractivity contribution in [1.82, 2.24) is 10.3 Å². The minimum Gasteiger partial charge on any atom is -0.355 e. The molecule has 1 unspecified atom stereocenters. The molecular weight excluding hydrogens is 482 g/mol. The standard InChI is InChI=1S/C18H13Cl3F3N5O2/c1-25-16(30)9-5-8(19)6-11(21)14(9)27-17(31)12-7-13(18(22,23)24)28-29(12)15-10(20)3-2-4-26-15/h2-6,12H,7H2,1H3,(H,25,30)(H,27,31). The highest BCUT2D eigenvalue weighted by Gasteiger charge is 2.46. The maximum absolute atomic E-state index is 13.3. The molecule has 2 heterocycles. The van der Waals surface area contributed by atoms with Crippen molar-refractivity contribution in [2.45, 2.75) is 18.6 Å². The second-order valence-corrected chi connectivity index (χ2v) is 7.55. The van der Waals surface area contributed by atoms with Crippen molar-refractivity contribution >= 4 is 63.8 Å². The van der Waals surface area contributed by atoms with Crippen LogP contribution in [-0.4, -0.2) is 41.8 Å². The molecule has 1 aromatic heterocycles. The summed E-state index contributed by atoms with van der Waals surface area (Å²) in [6.45, 7) is 0. The van der Waals surface area contributed by atoms with Crippen molar-refractivity contribution in [2.24, 2.45) is 5.10 Å². The fourth-order valence-electron chi connectivity index (χ4n) is 2.85. The van der Waals surface area contributed by atoms with Gasteiger partial charge in [0.05, 0.1) is 21.3 Å². The number of halogens is 6. The molecule has 0 fully saturated rings. The van der Waals surface area contributed by atoms with Crippen LogP contribution in [0, 0.1) is 0 Å². The number of carbonyl (C=O) groups is 2. The van der Waals surface area contributed by atoms with E-state index in [0.717, 1.165) is 5.01 Å². The summed E-state index contributed by atoms with van der Waals surface area (Å²) >= 11 is 18.1. The van der Waals surface area contributed by atoms with Gasteiger partial charge in [0.25, 0.3) is 5.91 Å². The third-order valence-electron chi connectivity index (χ3n) is 4.27. The monoisotopic (exact) mass is 493 g/mol. The maximum atomic E-state index is 13.3. The van der Waals surface area contributed by atoms with E-state index in [1.807, 2.05) is 0 Å². The number of amides is 2. The lowest BCUT2D eigenvalue weighted by molar-refractivity contribution is -0.117. The molecule has 1 atom stereocenters. The Morgan fingerprint density at radius 1 is 1.19 bits per heavy atom. The molecule has 1 aliphatic rings. The van der Waals surface area contributed by atoms with E-state index in [-0.39, 0.29) is 32.1 Å². The van der Waals surface area contributed by atoms with Gasteiger partial charge in [-0.2, -0.15) is 18.3 Å². The van der Waals surface area contributed by atoms with E-state index in [2.05, 4.69) is 20.7 Å². The van der Waals surface area contributed by atoms with E-state index in [1.54, 1.807) is 0 Å². The third kappa shape index (κ3) is 4.86. The smallest absolute Gasteiger partial charge is 0.355 e. The zero-order valence-electron chi connectivity index (χ0n) is 15.6. The van der Waals surface area contributed by atoms with Crippen molar-refractivity contribution < 1.29 is 22.8 Å². The number of anilines is 2. The Balaban J connectivity index is 1.99. The van der Waals surface area contributed by atoms with E-state index in [9.17, 15) is 22.8 Å². The number of hydrogen-bond donors (Lipinski definition) is 2. The number of pyridine rings is 1. The average Bonchev–Trinajstić information content (AvgIpc) is 3.15. The van der Waals surface area contributed by atoms with Crippen molar-refractivity contribution in [3.63, 3.8) is 0 Å². The number of hydrazone groups is 1. The van der Waals surface area contributed by atoms with Crippen molar-refractivity contribution in [2.75, 3.05) is 17.4 Å². The van der Waals surface area contributed by atoms with Crippen LogP contribution in [0.15, 0.2) is 35.6 Å². The second-order valence-electron chi connectivity index (χ2n) is 6.30. The number of nitrogens with zero attached hydrogens (tertiary/aromatic N) is 3. The molecule has 0 aliphatic carbocycles. The minimum absolute atomic E-state index is 0.00282. The number of nitrogens with one attached hydrogen (secondary N) is 2. The average molecular weight is 495 g/mol. The highest BCUT2D eigenvalue weighted by Crippen LogP contribution is 2.35. The van der Waals surface area contributed by atoms with Crippen LogP contribution >= 0.6 is 34.8 Å². The fourth-order valence-corrected chi connectivity index (χ4v) is 3.60. The van der Waals surface area contributed by atoms with Crippen LogP contribution in [0.25, 0.3) is 0 Å². The van der Waals surface area contributed by atoms with Crippen LogP contribution in [0.3, 0.4) is 0 Å². The second kappa shape index (κ2) is 8.89. The van der Waals surface area contributed by atoms with Crippen molar-refractivity contribution in [3.8, 4) is 0 Å². The molecule has 1 aliphatic heterocycles. The number of aromatic nitrogens is 1. The van der Waals surface area contributed by atoms with Gasteiger partial charge >= 0.3 is 6.18 Å². The van der Waals surface area contributed by atoms with Gasteiger partial charge in [-0.15, -0.1) is 0 Å². The summed E-state index contributed by atoms with van der Waals surface area (Å²) in [6.07, 6.45) is -4.22. The van der Waals surface area contributed by atoms with Crippen LogP contribution in [-0.2, 0) is 4.79 Å². The predicted molar refractivity (Wildman–Crippen MR) is 112 cm³/mol. The molecule has 1 aromatic carbocycles. The van der Waals surface area contributed by atoms with Gasteiger partial charge in [0.15, 0.2) is 5.82 Å². The molecule has 0 saturated carbocycles. The Morgan fingerprint density at radius 3 is 2.52 bits per heavy atom. The molecule has 164 valence electrons. The summed E-state index contributed by atoms with van der Waals surface area (Å²) in [7, 11) is 1.36. The molecule has 2 amide bonds. The van der Waals surface area contributed by atoms with E-state index in [0.29, 0.717) is 0 Å². The summed E-state index contributed by atoms with van der Waals surface area (Å²) < 4.78 is 39.9. The first-order valence-corrected chi connectivity index (χ1v) is 9.72. The molecule has 3 rings (SSSR count). The quantitative estimate of drug-likeness (QED) is 0.654. The highest BCUT2D eigenvalue weighted by atomic mass is 35.5. The van der Waals surface area contributed by atoms with Gasteiger partial charge in [0.1, 0.15) is 11.8 Å². The topological polar surface area (TPSA) is 86.7 Å². The van der Waals surface area contributed by atoms with Gasteiger partial charge in [0.2, 0.25) is 5.91 Å². The third-order valence-corrected chi connectivity index (χ3v) is 5.08. The highest BCUT2D eigenvalue weighted by molar-refractivity contribution is 6.38. The SMILES string of the molecule is CNC(=O)c1cc(Cl)cc(Cl)c1NC(=O)C1CC(C(F)(F)F)=NN1c1ncccc1Cl. The van der Waals surface area contributed by atoms with Gasteiger partial charge in [-0.05, 0) is 24.3 Å². The summed E-state index contributed by atoms with van der Waals surface area (Å²) in [4.78, 5) is 29.1.